The molecular formula is C7H16O3Si. The van der Waals surface area contributed by atoms with Crippen LogP contribution in [0.4, 0.5) is 0 Å². The highest BCUT2D eigenvalue weighted by Gasteiger charge is 2.34. The topological polar surface area (TPSA) is 27.7 Å². The van der Waals surface area contributed by atoms with Crippen molar-refractivity contribution in [3.05, 3.63) is 12.3 Å². The minimum absolute atomic E-state index is 0.653. The van der Waals surface area contributed by atoms with Crippen LogP contribution in [-0.2, 0) is 13.3 Å². The maximum Gasteiger partial charge on any atom is 0.528 e. The lowest BCUT2D eigenvalue weighted by molar-refractivity contribution is 0.112. The second-order valence-corrected chi connectivity index (χ2v) is 4.78. The molecule has 0 aromatic carbocycles. The largest absolute Gasteiger partial charge is 0.528 e. The first-order valence-corrected chi connectivity index (χ1v) is 5.42. The summed E-state index contributed by atoms with van der Waals surface area (Å²) in [6, 6.07) is 0. The average molecular weight is 176 g/mol. The molecule has 0 spiro atoms. The number of hydrogen-bond acceptors (Lipinski definition) is 3. The first kappa shape index (κ1) is 10.8. The molecule has 11 heavy (non-hydrogen) atoms. The van der Waals surface area contributed by atoms with Gasteiger partial charge in [-0.3, -0.25) is 0 Å². The third kappa shape index (κ3) is 3.16. The first-order valence-electron chi connectivity index (χ1n) is 3.62. The Hall–Kier alpha value is -0.163. The van der Waals surface area contributed by atoms with Crippen LogP contribution in [0.15, 0.2) is 12.3 Å². The molecule has 0 radical (unpaired) electrons. The molecule has 0 saturated heterocycles. The molecule has 0 unspecified atom stereocenters. The van der Waals surface area contributed by atoms with Gasteiger partial charge in [-0.1, -0.05) is 13.5 Å². The molecule has 0 aromatic rings. The molecule has 0 N–H and O–H groups in total. The zero-order chi connectivity index (χ0) is 8.74. The number of rotatable bonds is 6. The smallest absolute Gasteiger partial charge is 0.374 e. The van der Waals surface area contributed by atoms with E-state index in [2.05, 4.69) is 6.58 Å². The highest BCUT2D eigenvalue weighted by Crippen LogP contribution is 2.07. The van der Waals surface area contributed by atoms with Crippen LogP contribution in [0.3, 0.4) is 0 Å². The maximum atomic E-state index is 5.40. The fourth-order valence-electron chi connectivity index (χ4n) is 0.671. The minimum Gasteiger partial charge on any atom is -0.374 e. The van der Waals surface area contributed by atoms with Crippen LogP contribution in [0.1, 0.15) is 13.3 Å². The Kier molecular flexibility index (Phi) is 5.40. The molecular weight excluding hydrogens is 160 g/mol. The minimum atomic E-state index is -2.47. The molecule has 0 saturated carbocycles. The second-order valence-electron chi connectivity index (χ2n) is 2.06. The van der Waals surface area contributed by atoms with Gasteiger partial charge in [-0.25, -0.2) is 0 Å². The summed E-state index contributed by atoms with van der Waals surface area (Å²) in [5, 5.41) is 0. The van der Waals surface area contributed by atoms with Crippen molar-refractivity contribution in [2.24, 2.45) is 0 Å². The third-order valence-electron chi connectivity index (χ3n) is 1.33. The van der Waals surface area contributed by atoms with Gasteiger partial charge in [0, 0.05) is 20.8 Å². The van der Waals surface area contributed by atoms with Crippen LogP contribution < -0.4 is 0 Å². The van der Waals surface area contributed by atoms with Gasteiger partial charge in [0.05, 0.1) is 0 Å². The SMILES string of the molecule is C=C[Si](OC)(OC)OCCC. The van der Waals surface area contributed by atoms with Gasteiger partial charge in [-0.15, -0.1) is 0 Å². The van der Waals surface area contributed by atoms with Gasteiger partial charge in [-0.05, 0) is 12.1 Å². The molecule has 0 rings (SSSR count). The lowest BCUT2D eigenvalue weighted by Gasteiger charge is -2.21. The Balaban J connectivity index is 3.94. The van der Waals surface area contributed by atoms with Crippen molar-refractivity contribution in [2.75, 3.05) is 20.8 Å². The third-order valence-corrected chi connectivity index (χ3v) is 3.57. The molecule has 0 aliphatic carbocycles. The van der Waals surface area contributed by atoms with Gasteiger partial charge in [0.2, 0.25) is 0 Å². The lowest BCUT2D eigenvalue weighted by atomic mass is 10.5. The summed E-state index contributed by atoms with van der Waals surface area (Å²) in [6.45, 7) is 6.30. The van der Waals surface area contributed by atoms with Gasteiger partial charge < -0.3 is 13.3 Å². The average Bonchev–Trinajstić information content (AvgIpc) is 2.08. The molecule has 0 aliphatic rings. The Morgan fingerprint density at radius 2 is 1.91 bits per heavy atom. The van der Waals surface area contributed by atoms with E-state index in [0.717, 1.165) is 6.42 Å². The van der Waals surface area contributed by atoms with E-state index in [1.807, 2.05) is 6.92 Å². The monoisotopic (exact) mass is 176 g/mol. The van der Waals surface area contributed by atoms with Crippen molar-refractivity contribution in [3.63, 3.8) is 0 Å². The van der Waals surface area contributed by atoms with Crippen molar-refractivity contribution < 1.29 is 13.3 Å². The van der Waals surface area contributed by atoms with Gasteiger partial charge in [0.25, 0.3) is 0 Å². The van der Waals surface area contributed by atoms with Gasteiger partial charge in [0.15, 0.2) is 0 Å². The fraction of sp³-hybridized carbons (Fsp3) is 0.714. The Labute approximate surface area is 69.3 Å². The van der Waals surface area contributed by atoms with Crippen LogP contribution in [-0.4, -0.2) is 29.6 Å². The summed E-state index contributed by atoms with van der Waals surface area (Å²) in [4.78, 5) is 0. The van der Waals surface area contributed by atoms with E-state index in [9.17, 15) is 0 Å². The van der Waals surface area contributed by atoms with E-state index >= 15 is 0 Å². The first-order chi connectivity index (χ1) is 5.24. The molecule has 4 heteroatoms. The standard InChI is InChI=1S/C7H16O3Si/c1-5-7-10-11(6-2,8-3)9-4/h6H,2,5,7H2,1,3-4H3. The molecule has 0 amide bonds. The highest BCUT2D eigenvalue weighted by molar-refractivity contribution is 6.66. The van der Waals surface area contributed by atoms with E-state index in [0.29, 0.717) is 6.61 Å². The molecule has 0 heterocycles. The van der Waals surface area contributed by atoms with Crippen LogP contribution in [0.2, 0.25) is 0 Å². The van der Waals surface area contributed by atoms with Crippen LogP contribution >= 0.6 is 0 Å². The van der Waals surface area contributed by atoms with Crippen molar-refractivity contribution >= 4 is 8.80 Å². The Morgan fingerprint density at radius 3 is 2.18 bits per heavy atom. The predicted molar refractivity (Wildman–Crippen MR) is 46.2 cm³/mol. The molecule has 66 valence electrons. The summed E-state index contributed by atoms with van der Waals surface area (Å²) < 4.78 is 15.6. The summed E-state index contributed by atoms with van der Waals surface area (Å²) in [6.07, 6.45) is 0.954. The van der Waals surface area contributed by atoms with Gasteiger partial charge in [0.1, 0.15) is 0 Å². The van der Waals surface area contributed by atoms with Crippen LogP contribution in [0.25, 0.3) is 0 Å². The zero-order valence-electron chi connectivity index (χ0n) is 7.42. The van der Waals surface area contributed by atoms with Crippen LogP contribution in [0.5, 0.6) is 0 Å². The summed E-state index contributed by atoms with van der Waals surface area (Å²) >= 11 is 0. The highest BCUT2D eigenvalue weighted by atomic mass is 28.4. The van der Waals surface area contributed by atoms with E-state index in [1.54, 1.807) is 19.9 Å². The lowest BCUT2D eigenvalue weighted by Crippen LogP contribution is -2.42. The maximum absolute atomic E-state index is 5.40. The molecule has 0 fully saturated rings. The van der Waals surface area contributed by atoms with E-state index < -0.39 is 8.80 Å². The molecule has 0 aromatic heterocycles. The number of hydrogen-bond donors (Lipinski definition) is 0. The van der Waals surface area contributed by atoms with Crippen molar-refractivity contribution in [1.82, 2.24) is 0 Å². The van der Waals surface area contributed by atoms with Crippen molar-refractivity contribution in [3.8, 4) is 0 Å². The quantitative estimate of drug-likeness (QED) is 0.572. The predicted octanol–water partition coefficient (Wildman–Crippen LogP) is 1.37. The van der Waals surface area contributed by atoms with E-state index in [4.69, 9.17) is 13.3 Å². The van der Waals surface area contributed by atoms with E-state index in [-0.39, 0.29) is 0 Å². The van der Waals surface area contributed by atoms with Crippen molar-refractivity contribution in [1.29, 1.82) is 0 Å². The normalized spacial score (nSPS) is 11.5. The zero-order valence-corrected chi connectivity index (χ0v) is 8.42. The molecule has 3 nitrogen and oxygen atoms in total. The van der Waals surface area contributed by atoms with Crippen LogP contribution in [0, 0.1) is 0 Å². The molecule has 0 aliphatic heterocycles. The summed E-state index contributed by atoms with van der Waals surface area (Å²) in [7, 11) is 0.678. The second kappa shape index (κ2) is 5.48. The van der Waals surface area contributed by atoms with Crippen molar-refractivity contribution in [2.45, 2.75) is 13.3 Å². The van der Waals surface area contributed by atoms with Gasteiger partial charge in [-0.2, -0.15) is 0 Å². The van der Waals surface area contributed by atoms with E-state index in [1.165, 1.54) is 0 Å². The summed E-state index contributed by atoms with van der Waals surface area (Å²) in [5.74, 6) is 0. The van der Waals surface area contributed by atoms with Gasteiger partial charge >= 0.3 is 8.80 Å². The Morgan fingerprint density at radius 1 is 1.36 bits per heavy atom. The fourth-order valence-corrected chi connectivity index (χ4v) is 2.01. The molecule has 0 atom stereocenters. The molecule has 0 bridgehead atoms. The summed E-state index contributed by atoms with van der Waals surface area (Å²) in [5.41, 5.74) is 1.63. The Bertz CT molecular complexity index is 112.